The Morgan fingerprint density at radius 2 is 2.27 bits per heavy atom. The number of hydrogen-bond donors (Lipinski definition) is 1. The van der Waals surface area contributed by atoms with Crippen LogP contribution in [0.1, 0.15) is 32.6 Å². The first-order valence-electron chi connectivity index (χ1n) is 6.09. The van der Waals surface area contributed by atoms with Crippen molar-refractivity contribution in [3.8, 4) is 0 Å². The fourth-order valence-corrected chi connectivity index (χ4v) is 2.29. The minimum Gasteiger partial charge on any atom is -0.396 e. The van der Waals surface area contributed by atoms with Crippen LogP contribution >= 0.6 is 0 Å². The van der Waals surface area contributed by atoms with E-state index < -0.39 is 0 Å². The monoisotopic (exact) mass is 215 g/mol. The average Bonchev–Trinajstić information content (AvgIpc) is 2.27. The van der Waals surface area contributed by atoms with E-state index in [1.165, 1.54) is 12.8 Å². The first-order valence-corrected chi connectivity index (χ1v) is 6.09. The summed E-state index contributed by atoms with van der Waals surface area (Å²) in [5.74, 6) is 0. The fraction of sp³-hybridized carbons (Fsp3) is 1.00. The van der Waals surface area contributed by atoms with Gasteiger partial charge in [-0.1, -0.05) is 13.3 Å². The largest absolute Gasteiger partial charge is 0.396 e. The number of ether oxygens (including phenoxy) is 1. The van der Waals surface area contributed by atoms with Gasteiger partial charge in [0.2, 0.25) is 0 Å². The molecule has 1 heterocycles. The third-order valence-corrected chi connectivity index (χ3v) is 3.24. The molecular weight excluding hydrogens is 190 g/mol. The van der Waals surface area contributed by atoms with Crippen LogP contribution in [0.3, 0.4) is 0 Å². The van der Waals surface area contributed by atoms with E-state index in [0.717, 1.165) is 39.1 Å². The maximum Gasteiger partial charge on any atom is 0.0556 e. The standard InChI is InChI=1S/C12H25NO2/c1-3-4-7-13(2)9-12(10-14)6-5-8-15-11-12/h14H,3-11H2,1-2H3. The Bertz CT molecular complexity index is 167. The molecule has 90 valence electrons. The summed E-state index contributed by atoms with van der Waals surface area (Å²) in [5, 5.41) is 9.51. The van der Waals surface area contributed by atoms with Gasteiger partial charge in [0.1, 0.15) is 0 Å². The lowest BCUT2D eigenvalue weighted by molar-refractivity contribution is -0.0522. The summed E-state index contributed by atoms with van der Waals surface area (Å²) in [4.78, 5) is 2.33. The second-order valence-electron chi connectivity index (χ2n) is 4.91. The van der Waals surface area contributed by atoms with E-state index >= 15 is 0 Å². The lowest BCUT2D eigenvalue weighted by Gasteiger charge is -2.38. The number of nitrogens with zero attached hydrogens (tertiary/aromatic N) is 1. The predicted molar refractivity (Wildman–Crippen MR) is 62.0 cm³/mol. The Kier molecular flexibility index (Phi) is 5.58. The molecule has 1 rings (SSSR count). The molecule has 0 saturated carbocycles. The molecule has 3 nitrogen and oxygen atoms in total. The van der Waals surface area contributed by atoms with Gasteiger partial charge in [0.15, 0.2) is 0 Å². The third-order valence-electron chi connectivity index (χ3n) is 3.24. The molecule has 1 N–H and O–H groups in total. The van der Waals surface area contributed by atoms with E-state index in [1.54, 1.807) is 0 Å². The SMILES string of the molecule is CCCCN(C)CC1(CO)CCCOC1. The molecule has 0 spiro atoms. The summed E-state index contributed by atoms with van der Waals surface area (Å²) in [6.45, 7) is 6.13. The topological polar surface area (TPSA) is 32.7 Å². The fourth-order valence-electron chi connectivity index (χ4n) is 2.29. The molecule has 15 heavy (non-hydrogen) atoms. The van der Waals surface area contributed by atoms with Crippen LogP contribution < -0.4 is 0 Å². The minimum atomic E-state index is 0.000736. The van der Waals surface area contributed by atoms with Crippen molar-refractivity contribution in [3.05, 3.63) is 0 Å². The zero-order chi connectivity index (χ0) is 11.1. The molecule has 1 fully saturated rings. The molecule has 0 aromatic rings. The van der Waals surface area contributed by atoms with Crippen LogP contribution in [0.15, 0.2) is 0 Å². The van der Waals surface area contributed by atoms with Crippen LogP contribution in [0.5, 0.6) is 0 Å². The Morgan fingerprint density at radius 1 is 1.47 bits per heavy atom. The normalized spacial score (nSPS) is 27.2. The lowest BCUT2D eigenvalue weighted by atomic mass is 9.83. The molecule has 0 bridgehead atoms. The highest BCUT2D eigenvalue weighted by Gasteiger charge is 2.33. The Balaban J connectivity index is 2.37. The zero-order valence-corrected chi connectivity index (χ0v) is 10.2. The van der Waals surface area contributed by atoms with Crippen molar-refractivity contribution >= 4 is 0 Å². The van der Waals surface area contributed by atoms with Gasteiger partial charge < -0.3 is 14.7 Å². The van der Waals surface area contributed by atoms with Crippen LogP contribution in [-0.2, 0) is 4.74 Å². The molecule has 1 saturated heterocycles. The lowest BCUT2D eigenvalue weighted by Crippen LogP contribution is -2.44. The molecule has 1 aliphatic rings. The summed E-state index contributed by atoms with van der Waals surface area (Å²) < 4.78 is 5.50. The highest BCUT2D eigenvalue weighted by Crippen LogP contribution is 2.28. The minimum absolute atomic E-state index is 0.000736. The third kappa shape index (κ3) is 4.09. The highest BCUT2D eigenvalue weighted by atomic mass is 16.5. The van der Waals surface area contributed by atoms with Gasteiger partial charge in [0.25, 0.3) is 0 Å². The van der Waals surface area contributed by atoms with E-state index in [-0.39, 0.29) is 12.0 Å². The predicted octanol–water partition coefficient (Wildman–Crippen LogP) is 1.51. The average molecular weight is 215 g/mol. The second-order valence-corrected chi connectivity index (χ2v) is 4.91. The molecule has 0 aromatic carbocycles. The van der Waals surface area contributed by atoms with Gasteiger partial charge in [-0.3, -0.25) is 0 Å². The van der Waals surface area contributed by atoms with Gasteiger partial charge >= 0.3 is 0 Å². The van der Waals surface area contributed by atoms with Gasteiger partial charge in [-0.05, 0) is 32.9 Å². The molecule has 1 aliphatic heterocycles. The highest BCUT2D eigenvalue weighted by molar-refractivity contribution is 4.83. The van der Waals surface area contributed by atoms with Crippen molar-refractivity contribution in [2.75, 3.05) is 40.0 Å². The molecule has 0 aromatic heterocycles. The number of aliphatic hydroxyl groups excluding tert-OH is 1. The summed E-state index contributed by atoms with van der Waals surface area (Å²) in [5.41, 5.74) is 0.000736. The van der Waals surface area contributed by atoms with Gasteiger partial charge in [-0.25, -0.2) is 0 Å². The van der Waals surface area contributed by atoms with Gasteiger partial charge in [-0.2, -0.15) is 0 Å². The van der Waals surface area contributed by atoms with Crippen LogP contribution in [0.2, 0.25) is 0 Å². The molecule has 1 atom stereocenters. The first-order chi connectivity index (χ1) is 7.22. The maximum absolute atomic E-state index is 9.51. The second kappa shape index (κ2) is 6.46. The van der Waals surface area contributed by atoms with E-state index in [0.29, 0.717) is 0 Å². The summed E-state index contributed by atoms with van der Waals surface area (Å²) in [6.07, 6.45) is 4.65. The maximum atomic E-state index is 9.51. The van der Waals surface area contributed by atoms with Crippen LogP contribution in [0.25, 0.3) is 0 Å². The Morgan fingerprint density at radius 3 is 2.80 bits per heavy atom. The van der Waals surface area contributed by atoms with Crippen molar-refractivity contribution in [1.82, 2.24) is 4.90 Å². The molecule has 1 unspecified atom stereocenters. The quantitative estimate of drug-likeness (QED) is 0.729. The van der Waals surface area contributed by atoms with Gasteiger partial charge in [0, 0.05) is 18.6 Å². The number of hydrogen-bond acceptors (Lipinski definition) is 3. The van der Waals surface area contributed by atoms with Crippen molar-refractivity contribution in [1.29, 1.82) is 0 Å². The van der Waals surface area contributed by atoms with Gasteiger partial charge in [0.05, 0.1) is 13.2 Å². The van der Waals surface area contributed by atoms with Crippen LogP contribution in [0.4, 0.5) is 0 Å². The molecule has 3 heteroatoms. The number of aliphatic hydroxyl groups is 1. The van der Waals surface area contributed by atoms with Crippen LogP contribution in [0, 0.1) is 5.41 Å². The molecular formula is C12H25NO2. The van der Waals surface area contributed by atoms with Crippen molar-refractivity contribution < 1.29 is 9.84 Å². The number of rotatable bonds is 6. The zero-order valence-electron chi connectivity index (χ0n) is 10.2. The Hall–Kier alpha value is -0.120. The van der Waals surface area contributed by atoms with Crippen LogP contribution in [-0.4, -0.2) is 50.0 Å². The summed E-state index contributed by atoms with van der Waals surface area (Å²) in [7, 11) is 2.14. The smallest absolute Gasteiger partial charge is 0.0556 e. The van der Waals surface area contributed by atoms with E-state index in [9.17, 15) is 5.11 Å². The molecule has 0 amide bonds. The van der Waals surface area contributed by atoms with Crippen molar-refractivity contribution in [3.63, 3.8) is 0 Å². The van der Waals surface area contributed by atoms with E-state index in [1.807, 2.05) is 0 Å². The van der Waals surface area contributed by atoms with Gasteiger partial charge in [-0.15, -0.1) is 0 Å². The first kappa shape index (κ1) is 12.9. The summed E-state index contributed by atoms with van der Waals surface area (Å²) >= 11 is 0. The van der Waals surface area contributed by atoms with Crippen molar-refractivity contribution in [2.45, 2.75) is 32.6 Å². The van der Waals surface area contributed by atoms with Crippen molar-refractivity contribution in [2.24, 2.45) is 5.41 Å². The molecule has 0 aliphatic carbocycles. The number of unbranched alkanes of at least 4 members (excludes halogenated alkanes) is 1. The summed E-state index contributed by atoms with van der Waals surface area (Å²) in [6, 6.07) is 0. The Labute approximate surface area is 93.4 Å². The molecule has 0 radical (unpaired) electrons. The van der Waals surface area contributed by atoms with E-state index in [2.05, 4.69) is 18.9 Å². The van der Waals surface area contributed by atoms with E-state index in [4.69, 9.17) is 4.74 Å².